The lowest BCUT2D eigenvalue weighted by Crippen LogP contribution is -2.30. The van der Waals surface area contributed by atoms with Crippen molar-refractivity contribution in [2.75, 3.05) is 13.1 Å². The van der Waals surface area contributed by atoms with Crippen LogP contribution in [-0.2, 0) is 0 Å². The number of hydrogen-bond acceptors (Lipinski definition) is 2. The van der Waals surface area contributed by atoms with Crippen LogP contribution < -0.4 is 5.73 Å². The highest BCUT2D eigenvalue weighted by molar-refractivity contribution is 5.94. The molecule has 2 N–H and O–H groups in total. The molecule has 0 unspecified atom stereocenters. The van der Waals surface area contributed by atoms with Gasteiger partial charge < -0.3 is 0 Å². The fraction of sp³-hybridized carbons (Fsp3) is 0.462. The summed E-state index contributed by atoms with van der Waals surface area (Å²) in [5, 5.41) is 10.7. The molecule has 0 aromatic heterocycles. The van der Waals surface area contributed by atoms with E-state index in [4.69, 9.17) is 5.73 Å². The van der Waals surface area contributed by atoms with Crippen molar-refractivity contribution in [3.63, 3.8) is 0 Å². The maximum atomic E-state index is 10.7. The van der Waals surface area contributed by atoms with E-state index in [1.54, 1.807) is 12.1 Å². The van der Waals surface area contributed by atoms with Crippen molar-refractivity contribution in [1.82, 2.24) is 0 Å². The minimum atomic E-state index is -0.390. The summed E-state index contributed by atoms with van der Waals surface area (Å²) in [6, 6.07) is 6.53. The van der Waals surface area contributed by atoms with Crippen molar-refractivity contribution < 1.29 is 9.50 Å². The second kappa shape index (κ2) is 5.62. The lowest BCUT2D eigenvalue weighted by Gasteiger charge is -2.06. The number of hydrogen-bond donors (Lipinski definition) is 1. The monoisotopic (exact) mass is 248 g/mol. The smallest absolute Gasteiger partial charge is 0.275 e. The van der Waals surface area contributed by atoms with Gasteiger partial charge in [-0.2, -0.15) is 0 Å². The molecular weight excluding hydrogens is 230 g/mol. The zero-order chi connectivity index (χ0) is 13.0. The zero-order valence-corrected chi connectivity index (χ0v) is 10.3. The number of non-ortho nitro benzene ring substituents is 1. The molecule has 1 aliphatic heterocycles. The first-order valence-corrected chi connectivity index (χ1v) is 6.30. The Kier molecular flexibility index (Phi) is 3.92. The summed E-state index contributed by atoms with van der Waals surface area (Å²) in [7, 11) is 0. The normalized spacial score (nSPS) is 16.1. The van der Waals surface area contributed by atoms with Gasteiger partial charge in [0, 0.05) is 12.1 Å². The Bertz CT molecular complexity index is 473. The third-order valence-electron chi connectivity index (χ3n) is 3.30. The Morgan fingerprint density at radius 2 is 1.89 bits per heavy atom. The van der Waals surface area contributed by atoms with Crippen LogP contribution >= 0.6 is 0 Å². The minimum Gasteiger partial charge on any atom is -0.287 e. The average molecular weight is 248 g/mol. The summed E-state index contributed by atoms with van der Waals surface area (Å²) in [4.78, 5) is 10.4. The van der Waals surface area contributed by atoms with Crippen LogP contribution in [0.2, 0.25) is 0 Å². The van der Waals surface area contributed by atoms with Crippen molar-refractivity contribution in [3.05, 3.63) is 39.9 Å². The molecule has 5 nitrogen and oxygen atoms in total. The van der Waals surface area contributed by atoms with Gasteiger partial charge in [-0.05, 0) is 31.7 Å². The van der Waals surface area contributed by atoms with Gasteiger partial charge in [0.25, 0.3) is 11.5 Å². The third kappa shape index (κ3) is 2.85. The fourth-order valence-corrected chi connectivity index (χ4v) is 2.27. The SMILES string of the molecule is NC(c1cccc([N+](=O)[O-])c1)=[N+]1CCCCCC1. The van der Waals surface area contributed by atoms with Crippen LogP contribution in [0, 0.1) is 10.1 Å². The van der Waals surface area contributed by atoms with E-state index in [-0.39, 0.29) is 10.6 Å². The van der Waals surface area contributed by atoms with E-state index in [0.29, 0.717) is 5.84 Å². The van der Waals surface area contributed by atoms with Gasteiger partial charge >= 0.3 is 0 Å². The van der Waals surface area contributed by atoms with Gasteiger partial charge in [-0.1, -0.05) is 6.07 Å². The Balaban J connectivity index is 2.31. The fourth-order valence-electron chi connectivity index (χ4n) is 2.27. The summed E-state index contributed by atoms with van der Waals surface area (Å²) in [6.07, 6.45) is 4.74. The molecule has 0 bridgehead atoms. The largest absolute Gasteiger partial charge is 0.287 e. The standard InChI is InChI=1S/C13H17N3O2/c14-13(15-8-3-1-2-4-9-15)11-6-5-7-12(10-11)16(17)18/h5-7,10,14H,1-4,8-9H2/p+1. The van der Waals surface area contributed by atoms with Crippen molar-refractivity contribution in [2.24, 2.45) is 5.73 Å². The van der Waals surface area contributed by atoms with E-state index < -0.39 is 0 Å². The Morgan fingerprint density at radius 3 is 2.50 bits per heavy atom. The van der Waals surface area contributed by atoms with Gasteiger partial charge in [-0.3, -0.25) is 20.4 Å². The summed E-state index contributed by atoms with van der Waals surface area (Å²) >= 11 is 0. The van der Waals surface area contributed by atoms with Crippen molar-refractivity contribution in [2.45, 2.75) is 25.7 Å². The molecule has 5 heteroatoms. The van der Waals surface area contributed by atoms with Gasteiger partial charge in [0.15, 0.2) is 0 Å². The molecule has 96 valence electrons. The first-order chi connectivity index (χ1) is 8.68. The van der Waals surface area contributed by atoms with Crippen LogP contribution in [0.4, 0.5) is 5.69 Å². The van der Waals surface area contributed by atoms with Crippen molar-refractivity contribution >= 4 is 11.5 Å². The van der Waals surface area contributed by atoms with Gasteiger partial charge in [0.1, 0.15) is 0 Å². The molecule has 1 saturated heterocycles. The van der Waals surface area contributed by atoms with Gasteiger partial charge in [0.2, 0.25) is 0 Å². The number of amidine groups is 1. The number of nitro benzene ring substituents is 1. The zero-order valence-electron chi connectivity index (χ0n) is 10.3. The maximum Gasteiger partial charge on any atom is 0.275 e. The first kappa shape index (κ1) is 12.5. The Hall–Kier alpha value is -1.91. The van der Waals surface area contributed by atoms with Gasteiger partial charge in [-0.25, -0.2) is 0 Å². The van der Waals surface area contributed by atoms with E-state index >= 15 is 0 Å². The molecule has 18 heavy (non-hydrogen) atoms. The van der Waals surface area contributed by atoms with E-state index in [1.165, 1.54) is 18.9 Å². The minimum absolute atomic E-state index is 0.0882. The van der Waals surface area contributed by atoms with E-state index in [0.717, 1.165) is 31.5 Å². The van der Waals surface area contributed by atoms with E-state index in [1.807, 2.05) is 6.07 Å². The molecule has 1 heterocycles. The number of nitrogens with zero attached hydrogens (tertiary/aromatic N) is 2. The molecule has 1 aromatic carbocycles. The van der Waals surface area contributed by atoms with Crippen LogP contribution in [-0.4, -0.2) is 28.4 Å². The molecule has 1 fully saturated rings. The van der Waals surface area contributed by atoms with Crippen molar-refractivity contribution in [1.29, 1.82) is 0 Å². The second-order valence-electron chi connectivity index (χ2n) is 4.59. The highest BCUT2D eigenvalue weighted by atomic mass is 16.6. The first-order valence-electron chi connectivity index (χ1n) is 6.30. The molecule has 2 rings (SSSR count). The average Bonchev–Trinajstić information content (AvgIpc) is 2.67. The molecule has 1 aromatic rings. The van der Waals surface area contributed by atoms with Gasteiger partial charge in [0.05, 0.1) is 23.6 Å². The van der Waals surface area contributed by atoms with Gasteiger partial charge in [-0.15, -0.1) is 0 Å². The number of nitro groups is 1. The molecular formula is C13H18N3O2+. The number of benzene rings is 1. The molecule has 0 saturated carbocycles. The third-order valence-corrected chi connectivity index (χ3v) is 3.30. The van der Waals surface area contributed by atoms with E-state index in [2.05, 4.69) is 4.58 Å². The summed E-state index contributed by atoms with van der Waals surface area (Å²) in [6.45, 7) is 1.88. The highest BCUT2D eigenvalue weighted by Crippen LogP contribution is 2.14. The Labute approximate surface area is 106 Å². The number of rotatable bonds is 2. The maximum absolute atomic E-state index is 10.7. The summed E-state index contributed by atoms with van der Waals surface area (Å²) in [5.41, 5.74) is 6.96. The Morgan fingerprint density at radius 1 is 1.22 bits per heavy atom. The van der Waals surface area contributed by atoms with Crippen molar-refractivity contribution in [3.8, 4) is 0 Å². The predicted octanol–water partition coefficient (Wildman–Crippen LogP) is 1.89. The lowest BCUT2D eigenvalue weighted by atomic mass is 10.2. The quantitative estimate of drug-likeness (QED) is 0.376. The van der Waals surface area contributed by atoms with Crippen LogP contribution in [0.1, 0.15) is 31.2 Å². The molecule has 0 amide bonds. The van der Waals surface area contributed by atoms with Crippen LogP contribution in [0.15, 0.2) is 24.3 Å². The van der Waals surface area contributed by atoms with Crippen LogP contribution in [0.5, 0.6) is 0 Å². The van der Waals surface area contributed by atoms with Crippen LogP contribution in [0.25, 0.3) is 0 Å². The molecule has 0 atom stereocenters. The highest BCUT2D eigenvalue weighted by Gasteiger charge is 2.16. The molecule has 0 radical (unpaired) electrons. The van der Waals surface area contributed by atoms with Crippen LogP contribution in [0.3, 0.4) is 0 Å². The molecule has 0 spiro atoms. The predicted molar refractivity (Wildman–Crippen MR) is 69.9 cm³/mol. The molecule has 0 aliphatic carbocycles. The summed E-state index contributed by atoms with van der Waals surface area (Å²) < 4.78 is 2.13. The second-order valence-corrected chi connectivity index (χ2v) is 4.59. The summed E-state index contributed by atoms with van der Waals surface area (Å²) in [5.74, 6) is 0.653. The topological polar surface area (TPSA) is 72.2 Å². The molecule has 1 aliphatic rings. The lowest BCUT2D eigenvalue weighted by molar-refractivity contribution is -0.526. The number of nitrogens with two attached hydrogens (primary N) is 1. The van der Waals surface area contributed by atoms with E-state index in [9.17, 15) is 10.1 Å².